The second-order valence-corrected chi connectivity index (χ2v) is 6.87. The lowest BCUT2D eigenvalue weighted by atomic mass is 9.60. The SMILES string of the molecule is C=C/C(C)=C(F)\C(C)=C(/CC)C(C)(CCOC)C(C)(NC)C(=C)CO. The number of rotatable bonds is 11. The average Bonchev–Trinajstić information content (AvgIpc) is 2.63. The van der Waals surface area contributed by atoms with Gasteiger partial charge in [0, 0.05) is 24.7 Å². The first kappa shape index (κ1) is 23.8. The highest BCUT2D eigenvalue weighted by atomic mass is 19.1. The standard InChI is InChI=1S/C21H36FNO2/c1-10-15(3)19(22)17(5)18(11-2)20(6,12-13-25-9)21(7,23-8)16(4)14-24/h10,23-24H,1,4,11-14H2,2-3,5-9H3/b18-17+,19-15+. The van der Waals surface area contributed by atoms with Crippen LogP contribution in [0.15, 0.2) is 47.4 Å². The van der Waals surface area contributed by atoms with Gasteiger partial charge in [0.05, 0.1) is 6.61 Å². The zero-order valence-electron chi connectivity index (χ0n) is 17.1. The van der Waals surface area contributed by atoms with E-state index in [0.29, 0.717) is 36.2 Å². The molecule has 0 radical (unpaired) electrons. The van der Waals surface area contributed by atoms with Crippen molar-refractivity contribution in [1.29, 1.82) is 0 Å². The van der Waals surface area contributed by atoms with E-state index in [1.165, 1.54) is 6.08 Å². The van der Waals surface area contributed by atoms with Crippen LogP contribution in [0.5, 0.6) is 0 Å². The van der Waals surface area contributed by atoms with Gasteiger partial charge < -0.3 is 15.2 Å². The molecule has 0 amide bonds. The van der Waals surface area contributed by atoms with Gasteiger partial charge in [-0.2, -0.15) is 0 Å². The molecule has 3 nitrogen and oxygen atoms in total. The summed E-state index contributed by atoms with van der Waals surface area (Å²) >= 11 is 0. The van der Waals surface area contributed by atoms with Gasteiger partial charge in [-0.25, -0.2) is 4.39 Å². The van der Waals surface area contributed by atoms with Crippen LogP contribution >= 0.6 is 0 Å². The highest BCUT2D eigenvalue weighted by Gasteiger charge is 2.47. The van der Waals surface area contributed by atoms with Crippen molar-refractivity contribution in [2.24, 2.45) is 5.41 Å². The third kappa shape index (κ3) is 4.69. The van der Waals surface area contributed by atoms with Crippen molar-refractivity contribution in [3.8, 4) is 0 Å². The molecule has 2 atom stereocenters. The molecule has 0 aliphatic heterocycles. The molecule has 0 aromatic heterocycles. The van der Waals surface area contributed by atoms with Crippen LogP contribution in [0.4, 0.5) is 4.39 Å². The van der Waals surface area contributed by atoms with Crippen molar-refractivity contribution >= 4 is 0 Å². The average molecular weight is 354 g/mol. The Morgan fingerprint density at radius 2 is 1.88 bits per heavy atom. The van der Waals surface area contributed by atoms with Gasteiger partial charge >= 0.3 is 0 Å². The second kappa shape index (κ2) is 10.0. The highest BCUT2D eigenvalue weighted by Crippen LogP contribution is 2.48. The molecular weight excluding hydrogens is 317 g/mol. The molecule has 25 heavy (non-hydrogen) atoms. The van der Waals surface area contributed by atoms with Crippen LogP contribution in [0.2, 0.25) is 0 Å². The molecule has 0 spiro atoms. The molecule has 2 unspecified atom stereocenters. The Hall–Kier alpha value is -1.23. The largest absolute Gasteiger partial charge is 0.392 e. The predicted octanol–water partition coefficient (Wildman–Crippen LogP) is 4.71. The topological polar surface area (TPSA) is 41.5 Å². The smallest absolute Gasteiger partial charge is 0.128 e. The number of methoxy groups -OCH3 is 1. The van der Waals surface area contributed by atoms with E-state index < -0.39 is 11.0 Å². The van der Waals surface area contributed by atoms with E-state index in [9.17, 15) is 9.50 Å². The molecule has 0 fully saturated rings. The number of halogens is 1. The monoisotopic (exact) mass is 353 g/mol. The molecule has 0 aromatic rings. The minimum absolute atomic E-state index is 0.139. The minimum Gasteiger partial charge on any atom is -0.392 e. The molecule has 4 heteroatoms. The maximum Gasteiger partial charge on any atom is 0.128 e. The Morgan fingerprint density at radius 3 is 2.24 bits per heavy atom. The summed E-state index contributed by atoms with van der Waals surface area (Å²) in [7, 11) is 3.50. The van der Waals surface area contributed by atoms with Gasteiger partial charge in [-0.3, -0.25) is 0 Å². The van der Waals surface area contributed by atoms with E-state index in [1.54, 1.807) is 14.0 Å². The van der Waals surface area contributed by atoms with Crippen molar-refractivity contribution < 1.29 is 14.2 Å². The van der Waals surface area contributed by atoms with E-state index in [0.717, 1.165) is 5.57 Å². The van der Waals surface area contributed by atoms with E-state index in [4.69, 9.17) is 4.74 Å². The van der Waals surface area contributed by atoms with Crippen LogP contribution in [0.1, 0.15) is 47.5 Å². The van der Waals surface area contributed by atoms with Gasteiger partial charge in [-0.05, 0) is 57.4 Å². The van der Waals surface area contributed by atoms with Gasteiger partial charge in [-0.1, -0.05) is 38.7 Å². The summed E-state index contributed by atoms with van der Waals surface area (Å²) in [5.74, 6) is -0.247. The van der Waals surface area contributed by atoms with Crippen molar-refractivity contribution in [2.45, 2.75) is 53.0 Å². The van der Waals surface area contributed by atoms with Gasteiger partial charge in [0.25, 0.3) is 0 Å². The number of aliphatic hydroxyl groups is 1. The Labute approximate surface area is 153 Å². The molecule has 144 valence electrons. The predicted molar refractivity (Wildman–Crippen MR) is 105 cm³/mol. The first-order valence-corrected chi connectivity index (χ1v) is 8.77. The molecule has 0 aliphatic rings. The Balaban J connectivity index is 6.68. The maximum atomic E-state index is 14.9. The quantitative estimate of drug-likeness (QED) is 0.417. The van der Waals surface area contributed by atoms with E-state index >= 15 is 0 Å². The summed E-state index contributed by atoms with van der Waals surface area (Å²) in [5, 5.41) is 13.1. The fraction of sp³-hybridized carbons (Fsp3) is 0.619. The van der Waals surface area contributed by atoms with Crippen molar-refractivity contribution in [2.75, 3.05) is 27.4 Å². The number of ether oxygens (including phenoxy) is 1. The summed E-state index contributed by atoms with van der Waals surface area (Å²) in [4.78, 5) is 0. The molecule has 0 bridgehead atoms. The number of hydrogen-bond donors (Lipinski definition) is 2. The van der Waals surface area contributed by atoms with Crippen molar-refractivity contribution in [3.05, 3.63) is 47.4 Å². The zero-order chi connectivity index (χ0) is 19.8. The van der Waals surface area contributed by atoms with Crippen LogP contribution in [0.25, 0.3) is 0 Å². The molecule has 0 aliphatic carbocycles. The van der Waals surface area contributed by atoms with Gasteiger partial charge in [-0.15, -0.1) is 0 Å². The Kier molecular flexibility index (Phi) is 9.55. The lowest BCUT2D eigenvalue weighted by Crippen LogP contribution is -2.57. The third-order valence-corrected chi connectivity index (χ3v) is 5.76. The van der Waals surface area contributed by atoms with Gasteiger partial charge in [0.1, 0.15) is 5.83 Å². The second-order valence-electron chi connectivity index (χ2n) is 6.87. The number of aliphatic hydroxyl groups excluding tert-OH is 1. The van der Waals surface area contributed by atoms with Gasteiger partial charge in [0.2, 0.25) is 0 Å². The minimum atomic E-state index is -0.616. The molecule has 0 saturated carbocycles. The summed E-state index contributed by atoms with van der Waals surface area (Å²) in [6.45, 7) is 17.8. The molecular formula is C21H36FNO2. The molecule has 2 N–H and O–H groups in total. The fourth-order valence-electron chi connectivity index (χ4n) is 3.60. The lowest BCUT2D eigenvalue weighted by Gasteiger charge is -2.50. The summed E-state index contributed by atoms with van der Waals surface area (Å²) < 4.78 is 20.2. The molecule has 0 aromatic carbocycles. The number of hydrogen-bond acceptors (Lipinski definition) is 3. The number of nitrogens with one attached hydrogen (secondary N) is 1. The summed E-state index contributed by atoms with van der Waals surface area (Å²) in [5.41, 5.74) is 1.67. The van der Waals surface area contributed by atoms with E-state index in [1.807, 2.05) is 27.8 Å². The van der Waals surface area contributed by atoms with Gasteiger partial charge in [0.15, 0.2) is 0 Å². The van der Waals surface area contributed by atoms with Crippen molar-refractivity contribution in [3.63, 3.8) is 0 Å². The van der Waals surface area contributed by atoms with Crippen LogP contribution in [-0.2, 0) is 4.74 Å². The van der Waals surface area contributed by atoms with E-state index in [2.05, 4.69) is 25.4 Å². The normalized spacial score (nSPS) is 18.6. The molecule has 0 rings (SSSR count). The van der Waals surface area contributed by atoms with Crippen molar-refractivity contribution in [1.82, 2.24) is 5.32 Å². The zero-order valence-corrected chi connectivity index (χ0v) is 17.1. The number of likely N-dealkylation sites (N-methyl/N-ethyl adjacent to an activating group) is 1. The fourth-order valence-corrected chi connectivity index (χ4v) is 3.60. The van der Waals surface area contributed by atoms with Crippen LogP contribution in [0, 0.1) is 5.41 Å². The van der Waals surface area contributed by atoms with Crippen LogP contribution in [0.3, 0.4) is 0 Å². The maximum absolute atomic E-state index is 14.9. The van der Waals surface area contributed by atoms with Crippen LogP contribution in [-0.4, -0.2) is 38.0 Å². The van der Waals surface area contributed by atoms with Crippen LogP contribution < -0.4 is 5.32 Å². The molecule has 0 heterocycles. The highest BCUT2D eigenvalue weighted by molar-refractivity contribution is 5.42. The molecule has 0 saturated heterocycles. The first-order chi connectivity index (χ1) is 11.6. The Morgan fingerprint density at radius 1 is 1.32 bits per heavy atom. The lowest BCUT2D eigenvalue weighted by molar-refractivity contribution is 0.105. The summed E-state index contributed by atoms with van der Waals surface area (Å²) in [6.07, 6.45) is 2.88. The Bertz CT molecular complexity index is 550. The third-order valence-electron chi connectivity index (χ3n) is 5.76. The number of allylic oxidation sites excluding steroid dienone is 4. The first-order valence-electron chi connectivity index (χ1n) is 8.77. The summed E-state index contributed by atoms with van der Waals surface area (Å²) in [6, 6.07) is 0. The van der Waals surface area contributed by atoms with E-state index in [-0.39, 0.29) is 12.4 Å².